The van der Waals surface area contributed by atoms with E-state index in [1.165, 1.54) is 16.4 Å². The van der Waals surface area contributed by atoms with Crippen molar-refractivity contribution in [2.45, 2.75) is 11.6 Å². The summed E-state index contributed by atoms with van der Waals surface area (Å²) in [4.78, 5) is 25.9. The van der Waals surface area contributed by atoms with Gasteiger partial charge in [0.2, 0.25) is 0 Å². The van der Waals surface area contributed by atoms with Gasteiger partial charge in [0.15, 0.2) is 5.16 Å². The highest BCUT2D eigenvalue weighted by Gasteiger charge is 2.04. The Kier molecular flexibility index (Phi) is 4.06. The number of nitrogens with two attached hydrogens (primary N) is 1. The van der Waals surface area contributed by atoms with Crippen LogP contribution < -0.4 is 16.9 Å². The summed E-state index contributed by atoms with van der Waals surface area (Å²) in [5.74, 6) is 0.760. The molecule has 3 N–H and O–H groups in total. The molecule has 0 fully saturated rings. The van der Waals surface area contributed by atoms with E-state index in [4.69, 9.17) is 5.73 Å². The molecule has 7 heteroatoms. The van der Waals surface area contributed by atoms with Gasteiger partial charge in [0.25, 0.3) is 0 Å². The summed E-state index contributed by atoms with van der Waals surface area (Å²) in [5.41, 5.74) is 6.05. The van der Waals surface area contributed by atoms with Crippen molar-refractivity contribution in [1.29, 1.82) is 0 Å². The second-order valence-electron chi connectivity index (χ2n) is 4.04. The standard InChI is InChI=1S/C12H14N4O2S/c1-16-12(14-10(17)11(18)15-16)19-7-6-8-2-4-9(13)5-3-8/h2-5H,6-7,13H2,1H3,(H,15,18). The number of rotatable bonds is 4. The van der Waals surface area contributed by atoms with E-state index >= 15 is 0 Å². The summed E-state index contributed by atoms with van der Waals surface area (Å²) in [5, 5.41) is 2.91. The molecule has 0 unspecified atom stereocenters. The lowest BCUT2D eigenvalue weighted by molar-refractivity contribution is 0.596. The van der Waals surface area contributed by atoms with Crippen molar-refractivity contribution in [2.24, 2.45) is 7.05 Å². The normalized spacial score (nSPS) is 10.6. The predicted octanol–water partition coefficient (Wildman–Crippen LogP) is 0.386. The Morgan fingerprint density at radius 1 is 1.32 bits per heavy atom. The first kappa shape index (κ1) is 13.4. The number of benzene rings is 1. The third kappa shape index (κ3) is 3.47. The first-order valence-corrected chi connectivity index (χ1v) is 6.69. The second kappa shape index (κ2) is 5.75. The maximum absolute atomic E-state index is 11.2. The average molecular weight is 278 g/mol. The first-order valence-electron chi connectivity index (χ1n) is 5.71. The Balaban J connectivity index is 2.00. The maximum Gasteiger partial charge on any atom is 0.339 e. The van der Waals surface area contributed by atoms with Crippen LogP contribution in [-0.4, -0.2) is 20.5 Å². The second-order valence-corrected chi connectivity index (χ2v) is 5.10. The molecule has 0 spiro atoms. The molecule has 0 aliphatic carbocycles. The lowest BCUT2D eigenvalue weighted by Crippen LogP contribution is -2.33. The smallest absolute Gasteiger partial charge is 0.339 e. The molecule has 2 aromatic rings. The fourth-order valence-electron chi connectivity index (χ4n) is 1.53. The number of hydrogen-bond donors (Lipinski definition) is 2. The quantitative estimate of drug-likeness (QED) is 0.479. The van der Waals surface area contributed by atoms with E-state index in [-0.39, 0.29) is 0 Å². The third-order valence-corrected chi connectivity index (χ3v) is 3.58. The van der Waals surface area contributed by atoms with Crippen LogP contribution in [0.2, 0.25) is 0 Å². The average Bonchev–Trinajstić information content (AvgIpc) is 2.38. The molecular weight excluding hydrogens is 264 g/mol. The molecule has 6 nitrogen and oxygen atoms in total. The largest absolute Gasteiger partial charge is 0.399 e. The number of nitrogens with zero attached hydrogens (tertiary/aromatic N) is 2. The number of aryl methyl sites for hydroxylation is 2. The number of nitrogens with one attached hydrogen (secondary N) is 1. The summed E-state index contributed by atoms with van der Waals surface area (Å²) in [6.45, 7) is 0. The molecule has 1 aromatic carbocycles. The van der Waals surface area contributed by atoms with E-state index < -0.39 is 11.1 Å². The first-order chi connectivity index (χ1) is 9.06. The van der Waals surface area contributed by atoms with Gasteiger partial charge in [-0.05, 0) is 24.1 Å². The molecule has 1 heterocycles. The summed E-state index contributed by atoms with van der Waals surface area (Å²) in [6.07, 6.45) is 0.833. The molecule has 0 radical (unpaired) electrons. The predicted molar refractivity (Wildman–Crippen MR) is 75.4 cm³/mol. The Morgan fingerprint density at radius 2 is 2.00 bits per heavy atom. The minimum absolute atomic E-state index is 0.500. The van der Waals surface area contributed by atoms with E-state index in [1.807, 2.05) is 24.3 Å². The zero-order valence-electron chi connectivity index (χ0n) is 10.4. The van der Waals surface area contributed by atoms with Gasteiger partial charge in [-0.15, -0.1) is 0 Å². The minimum atomic E-state index is -0.756. The zero-order chi connectivity index (χ0) is 13.8. The molecule has 1 aromatic heterocycles. The fourth-order valence-corrected chi connectivity index (χ4v) is 2.44. The molecule has 100 valence electrons. The number of thioether (sulfide) groups is 1. The van der Waals surface area contributed by atoms with Gasteiger partial charge in [-0.1, -0.05) is 23.9 Å². The Morgan fingerprint density at radius 3 is 2.68 bits per heavy atom. The number of anilines is 1. The van der Waals surface area contributed by atoms with Gasteiger partial charge in [0.05, 0.1) is 0 Å². The lowest BCUT2D eigenvalue weighted by Gasteiger charge is -2.05. The Bertz CT molecular complexity index is 675. The van der Waals surface area contributed by atoms with Crippen molar-refractivity contribution >= 4 is 17.4 Å². The molecule has 0 bridgehead atoms. The summed E-state index contributed by atoms with van der Waals surface area (Å²) in [7, 11) is 1.65. The van der Waals surface area contributed by atoms with E-state index in [0.717, 1.165) is 23.4 Å². The Labute approximate surface area is 113 Å². The van der Waals surface area contributed by atoms with Crippen LogP contribution in [0.5, 0.6) is 0 Å². The molecule has 0 atom stereocenters. The zero-order valence-corrected chi connectivity index (χ0v) is 11.2. The van der Waals surface area contributed by atoms with Gasteiger partial charge in [-0.2, -0.15) is 4.98 Å². The van der Waals surface area contributed by atoms with Crippen molar-refractivity contribution < 1.29 is 0 Å². The highest BCUT2D eigenvalue weighted by molar-refractivity contribution is 7.99. The van der Waals surface area contributed by atoms with Gasteiger partial charge in [0.1, 0.15) is 0 Å². The van der Waals surface area contributed by atoms with Crippen LogP contribution in [0.15, 0.2) is 39.0 Å². The van der Waals surface area contributed by atoms with Gasteiger partial charge in [-0.3, -0.25) is 19.4 Å². The molecular formula is C12H14N4O2S. The van der Waals surface area contributed by atoms with Gasteiger partial charge >= 0.3 is 11.1 Å². The summed E-state index contributed by atoms with van der Waals surface area (Å²) < 4.78 is 1.46. The maximum atomic E-state index is 11.2. The van der Waals surface area contributed by atoms with Gasteiger partial charge < -0.3 is 5.73 Å². The van der Waals surface area contributed by atoms with E-state index in [2.05, 4.69) is 10.1 Å². The van der Waals surface area contributed by atoms with Crippen LogP contribution in [0.1, 0.15) is 5.56 Å². The van der Waals surface area contributed by atoms with Crippen LogP contribution in [0.25, 0.3) is 0 Å². The van der Waals surface area contributed by atoms with Crippen LogP contribution in [0, 0.1) is 0 Å². The molecule has 19 heavy (non-hydrogen) atoms. The SMILES string of the molecule is Cn1[nH]c(=O)c(=O)nc1SCCc1ccc(N)cc1. The van der Waals surface area contributed by atoms with E-state index in [1.54, 1.807) is 7.05 Å². The van der Waals surface area contributed by atoms with E-state index in [0.29, 0.717) is 5.16 Å². The monoisotopic (exact) mass is 278 g/mol. The van der Waals surface area contributed by atoms with Crippen molar-refractivity contribution in [3.63, 3.8) is 0 Å². The van der Waals surface area contributed by atoms with Crippen molar-refractivity contribution in [3.8, 4) is 0 Å². The minimum Gasteiger partial charge on any atom is -0.399 e. The van der Waals surface area contributed by atoms with Crippen LogP contribution in [-0.2, 0) is 13.5 Å². The number of aromatic nitrogens is 3. The molecule has 0 aliphatic heterocycles. The van der Waals surface area contributed by atoms with Crippen LogP contribution in [0.4, 0.5) is 5.69 Å². The number of hydrogen-bond acceptors (Lipinski definition) is 5. The third-order valence-electron chi connectivity index (χ3n) is 2.55. The molecule has 0 amide bonds. The number of aromatic amines is 1. The van der Waals surface area contributed by atoms with Crippen molar-refractivity contribution in [1.82, 2.24) is 14.8 Å². The summed E-state index contributed by atoms with van der Waals surface area (Å²) >= 11 is 1.42. The molecule has 0 aliphatic rings. The molecule has 2 rings (SSSR count). The van der Waals surface area contributed by atoms with Crippen molar-refractivity contribution in [2.75, 3.05) is 11.5 Å². The molecule has 0 saturated carbocycles. The fraction of sp³-hybridized carbons (Fsp3) is 0.250. The number of nitrogen functional groups attached to an aromatic ring is 1. The van der Waals surface area contributed by atoms with E-state index in [9.17, 15) is 9.59 Å². The summed E-state index contributed by atoms with van der Waals surface area (Å²) in [6, 6.07) is 7.65. The lowest BCUT2D eigenvalue weighted by atomic mass is 10.2. The Hall–Kier alpha value is -2.02. The van der Waals surface area contributed by atoms with Crippen LogP contribution in [0.3, 0.4) is 0 Å². The molecule has 0 saturated heterocycles. The topological polar surface area (TPSA) is 93.8 Å². The van der Waals surface area contributed by atoms with Gasteiger partial charge in [0, 0.05) is 18.5 Å². The number of H-pyrrole nitrogens is 1. The highest BCUT2D eigenvalue weighted by atomic mass is 32.2. The van der Waals surface area contributed by atoms with Crippen molar-refractivity contribution in [3.05, 3.63) is 50.5 Å². The van der Waals surface area contributed by atoms with Gasteiger partial charge in [-0.25, -0.2) is 0 Å². The highest BCUT2D eigenvalue weighted by Crippen LogP contribution is 2.14. The van der Waals surface area contributed by atoms with Crippen LogP contribution >= 0.6 is 11.8 Å².